The summed E-state index contributed by atoms with van der Waals surface area (Å²) >= 11 is 0. The van der Waals surface area contributed by atoms with Gasteiger partial charge < -0.3 is 42.9 Å². The SMILES string of the molecule is O=[C-]c1ccc(N2C(=O)C=CC2=O)cc1.[CH2-]CN(C[CH2-])CCOCCOCCOCCC(=O)O.[Li+]. The number of carbonyl (C=O) groups is 3. The van der Waals surface area contributed by atoms with Crippen molar-refractivity contribution >= 4 is 29.8 Å². The Labute approximate surface area is 218 Å². The number of carbonyl (C=O) groups excluding carboxylic acids is 3. The van der Waals surface area contributed by atoms with Gasteiger partial charge in [-0.3, -0.25) is 14.4 Å². The number of ether oxygens (including phenoxy) is 3. The maximum absolute atomic E-state index is 11.3. The average molecular weight is 482 g/mol. The van der Waals surface area contributed by atoms with Crippen LogP contribution in [0.5, 0.6) is 0 Å². The fourth-order valence-corrected chi connectivity index (χ4v) is 2.56. The molecule has 0 unspecified atom stereocenters. The van der Waals surface area contributed by atoms with Crippen LogP contribution in [0.2, 0.25) is 0 Å². The number of imide groups is 1. The van der Waals surface area contributed by atoms with E-state index in [-0.39, 0.29) is 43.7 Å². The Balaban J connectivity index is 0.000000654. The van der Waals surface area contributed by atoms with Crippen molar-refractivity contribution in [2.24, 2.45) is 0 Å². The van der Waals surface area contributed by atoms with E-state index in [1.54, 1.807) is 6.29 Å². The van der Waals surface area contributed by atoms with Gasteiger partial charge in [0, 0.05) is 24.4 Å². The minimum Gasteiger partial charge on any atom is -0.481 e. The zero-order valence-electron chi connectivity index (χ0n) is 20.1. The smallest absolute Gasteiger partial charge is 0.481 e. The number of benzene rings is 1. The Morgan fingerprint density at radius 1 is 0.886 bits per heavy atom. The number of amides is 2. The number of carboxylic acids is 1. The summed E-state index contributed by atoms with van der Waals surface area (Å²) < 4.78 is 15.7. The fourth-order valence-electron chi connectivity index (χ4n) is 2.56. The maximum atomic E-state index is 11.3. The number of hydrogen-bond acceptors (Lipinski definition) is 8. The second-order valence-electron chi connectivity index (χ2n) is 6.82. The molecule has 35 heavy (non-hydrogen) atoms. The molecule has 0 saturated heterocycles. The van der Waals surface area contributed by atoms with Crippen molar-refractivity contribution in [2.75, 3.05) is 64.2 Å². The molecule has 0 aromatic heterocycles. The molecular formula is C24H31LiN2O8-2. The third kappa shape index (κ3) is 14.0. The first-order valence-corrected chi connectivity index (χ1v) is 10.7. The van der Waals surface area contributed by atoms with E-state index in [1.807, 2.05) is 0 Å². The molecule has 2 rings (SSSR count). The number of hydrogen-bond donors (Lipinski definition) is 1. The van der Waals surface area contributed by atoms with Crippen LogP contribution >= 0.6 is 0 Å². The van der Waals surface area contributed by atoms with Gasteiger partial charge in [0.25, 0.3) is 11.8 Å². The normalized spacial score (nSPS) is 12.4. The Hall–Kier alpha value is -2.32. The van der Waals surface area contributed by atoms with Crippen LogP contribution in [0, 0.1) is 13.8 Å². The zero-order valence-corrected chi connectivity index (χ0v) is 20.1. The second kappa shape index (κ2) is 19.9. The first-order valence-electron chi connectivity index (χ1n) is 10.7. The molecule has 0 fully saturated rings. The Morgan fingerprint density at radius 3 is 1.83 bits per heavy atom. The average Bonchev–Trinajstić information content (AvgIpc) is 3.18. The third-order valence-corrected chi connectivity index (χ3v) is 4.44. The van der Waals surface area contributed by atoms with E-state index in [1.165, 1.54) is 36.4 Å². The van der Waals surface area contributed by atoms with Crippen LogP contribution in [-0.2, 0) is 33.4 Å². The van der Waals surface area contributed by atoms with Crippen molar-refractivity contribution in [3.8, 4) is 0 Å². The van der Waals surface area contributed by atoms with Gasteiger partial charge in [0.1, 0.15) is 0 Å². The van der Waals surface area contributed by atoms with Crippen LogP contribution in [0.25, 0.3) is 0 Å². The molecule has 0 aliphatic carbocycles. The molecule has 2 amide bonds. The van der Waals surface area contributed by atoms with Crippen LogP contribution in [0.1, 0.15) is 12.0 Å². The van der Waals surface area contributed by atoms with Crippen molar-refractivity contribution < 1.29 is 57.4 Å². The molecule has 188 valence electrons. The van der Waals surface area contributed by atoms with Gasteiger partial charge in [-0.15, -0.1) is 13.1 Å². The minimum atomic E-state index is -0.854. The van der Waals surface area contributed by atoms with Gasteiger partial charge in [0.05, 0.1) is 52.3 Å². The second-order valence-corrected chi connectivity index (χ2v) is 6.82. The predicted octanol–water partition coefficient (Wildman–Crippen LogP) is -1.94. The molecule has 1 aromatic rings. The molecule has 1 aliphatic rings. The van der Waals surface area contributed by atoms with E-state index in [9.17, 15) is 19.2 Å². The first-order chi connectivity index (χ1) is 16.4. The topological polar surface area (TPSA) is 123 Å². The van der Waals surface area contributed by atoms with Gasteiger partial charge in [-0.1, -0.05) is 12.1 Å². The summed E-state index contributed by atoms with van der Waals surface area (Å²) in [5, 5.41) is 8.37. The summed E-state index contributed by atoms with van der Waals surface area (Å²) in [7, 11) is 0. The van der Waals surface area contributed by atoms with Crippen molar-refractivity contribution in [1.29, 1.82) is 0 Å². The molecule has 1 aromatic carbocycles. The Kier molecular flexibility index (Phi) is 18.6. The molecule has 1 heterocycles. The van der Waals surface area contributed by atoms with Gasteiger partial charge in [0.15, 0.2) is 0 Å². The monoisotopic (exact) mass is 482 g/mol. The van der Waals surface area contributed by atoms with E-state index < -0.39 is 5.97 Å². The third-order valence-electron chi connectivity index (χ3n) is 4.44. The van der Waals surface area contributed by atoms with Crippen molar-refractivity contribution in [2.45, 2.75) is 6.42 Å². The molecule has 0 atom stereocenters. The maximum Gasteiger partial charge on any atom is 1.00 e. The summed E-state index contributed by atoms with van der Waals surface area (Å²) in [4.78, 5) is 46.1. The molecule has 0 radical (unpaired) electrons. The standard InChI is InChI=1S/C13H25NO5.C11H6NO3.Li/c1-3-14(4-2)6-8-18-10-12-19-11-9-17-7-5-13(15)16;13-7-8-1-3-9(4-2-8)12-10(14)5-6-11(12)15;/h1-12H2,(H,15,16);1-6H;/q-2;-1;+1. The van der Waals surface area contributed by atoms with E-state index in [0.29, 0.717) is 44.3 Å². The largest absolute Gasteiger partial charge is 1.00 e. The van der Waals surface area contributed by atoms with E-state index in [0.717, 1.165) is 24.5 Å². The minimum absolute atomic E-state index is 0. The van der Waals surface area contributed by atoms with Crippen LogP contribution in [0.15, 0.2) is 36.4 Å². The van der Waals surface area contributed by atoms with Gasteiger partial charge in [0.2, 0.25) is 0 Å². The molecular weight excluding hydrogens is 451 g/mol. The van der Waals surface area contributed by atoms with Gasteiger partial charge in [-0.25, -0.2) is 4.90 Å². The molecule has 1 aliphatic heterocycles. The van der Waals surface area contributed by atoms with E-state index >= 15 is 0 Å². The number of rotatable bonds is 16. The number of nitrogens with zero attached hydrogens (tertiary/aromatic N) is 2. The summed E-state index contributed by atoms with van der Waals surface area (Å²) in [6.45, 7) is 12.6. The Morgan fingerprint density at radius 2 is 1.37 bits per heavy atom. The van der Waals surface area contributed by atoms with Crippen LogP contribution in [-0.4, -0.2) is 93.4 Å². The quantitative estimate of drug-likeness (QED) is 0.124. The van der Waals surface area contributed by atoms with Crippen molar-refractivity contribution in [1.82, 2.24) is 4.90 Å². The molecule has 0 saturated carbocycles. The molecule has 11 heteroatoms. The fraction of sp³-hybridized carbons (Fsp3) is 0.417. The first kappa shape index (κ1) is 32.7. The van der Waals surface area contributed by atoms with Crippen LogP contribution in [0.4, 0.5) is 5.69 Å². The molecule has 0 bridgehead atoms. The summed E-state index contributed by atoms with van der Waals surface area (Å²) in [5.41, 5.74) is 0.833. The van der Waals surface area contributed by atoms with Gasteiger partial charge in [-0.2, -0.15) is 17.7 Å². The zero-order chi connectivity index (χ0) is 25.2. The number of aliphatic carboxylic acids is 1. The summed E-state index contributed by atoms with van der Waals surface area (Å²) in [6, 6.07) is 6.06. The number of anilines is 1. The van der Waals surface area contributed by atoms with Crippen molar-refractivity contribution in [3.05, 3.63) is 55.8 Å². The summed E-state index contributed by atoms with van der Waals surface area (Å²) in [6.07, 6.45) is 4.16. The summed E-state index contributed by atoms with van der Waals surface area (Å²) in [5.74, 6) is -1.60. The predicted molar refractivity (Wildman–Crippen MR) is 125 cm³/mol. The van der Waals surface area contributed by atoms with Gasteiger partial charge in [-0.05, 0) is 0 Å². The van der Waals surface area contributed by atoms with Crippen LogP contribution in [0.3, 0.4) is 0 Å². The van der Waals surface area contributed by atoms with E-state index in [2.05, 4.69) is 18.7 Å². The molecule has 0 spiro atoms. The Bertz CT molecular complexity index is 779. The molecule has 10 nitrogen and oxygen atoms in total. The van der Waals surface area contributed by atoms with E-state index in [4.69, 9.17) is 19.3 Å². The van der Waals surface area contributed by atoms with Gasteiger partial charge >= 0.3 is 24.8 Å². The van der Waals surface area contributed by atoms with Crippen molar-refractivity contribution in [3.63, 3.8) is 0 Å². The van der Waals surface area contributed by atoms with Crippen LogP contribution < -0.4 is 23.8 Å². The number of carboxylic acid groups (broad SMARTS) is 1. The molecule has 1 N–H and O–H groups in total.